The Balaban J connectivity index is 1.94. The van der Waals surface area contributed by atoms with Crippen LogP contribution in [0.1, 0.15) is 56.0 Å². The zero-order valence-corrected chi connectivity index (χ0v) is 15.2. The van der Waals surface area contributed by atoms with Crippen molar-refractivity contribution < 1.29 is 9.90 Å². The summed E-state index contributed by atoms with van der Waals surface area (Å²) in [4.78, 5) is 29.4. The quantitative estimate of drug-likeness (QED) is 0.878. The summed E-state index contributed by atoms with van der Waals surface area (Å²) >= 11 is 0. The summed E-state index contributed by atoms with van der Waals surface area (Å²) in [6.07, 6.45) is 4.40. The van der Waals surface area contributed by atoms with Crippen molar-refractivity contribution >= 4 is 11.6 Å². The topological polar surface area (TPSA) is 83.7 Å². The van der Waals surface area contributed by atoms with Crippen LogP contribution in [0.5, 0.6) is 5.88 Å². The number of rotatable bonds is 2. The van der Waals surface area contributed by atoms with Crippen LogP contribution in [0.3, 0.4) is 0 Å². The van der Waals surface area contributed by atoms with Crippen LogP contribution in [-0.4, -0.2) is 26.4 Å². The second kappa shape index (κ2) is 6.17. The molecule has 0 radical (unpaired) electrons. The molecule has 1 saturated carbocycles. The van der Waals surface area contributed by atoms with E-state index >= 15 is 0 Å². The third kappa shape index (κ3) is 3.38. The Labute approximate surface area is 146 Å². The Bertz CT molecular complexity index is 885. The molecule has 1 aliphatic rings. The van der Waals surface area contributed by atoms with Gasteiger partial charge in [0.05, 0.1) is 0 Å². The van der Waals surface area contributed by atoms with Gasteiger partial charge in [0.25, 0.3) is 11.5 Å². The molecule has 2 heterocycles. The van der Waals surface area contributed by atoms with Crippen LogP contribution >= 0.6 is 0 Å². The molecular formula is C19H25N3O3. The van der Waals surface area contributed by atoms with E-state index in [0.717, 1.165) is 24.8 Å². The summed E-state index contributed by atoms with van der Waals surface area (Å²) in [6, 6.07) is 3.50. The highest BCUT2D eigenvalue weighted by molar-refractivity contribution is 5.96. The second-order valence-electron chi connectivity index (χ2n) is 8.08. The minimum atomic E-state index is -0.555. The molecule has 3 rings (SSSR count). The van der Waals surface area contributed by atoms with Crippen LogP contribution < -0.4 is 10.9 Å². The van der Waals surface area contributed by atoms with E-state index in [1.54, 1.807) is 25.3 Å². The first kappa shape index (κ1) is 17.5. The number of nitrogens with zero attached hydrogens (tertiary/aromatic N) is 2. The van der Waals surface area contributed by atoms with Crippen LogP contribution in [0.4, 0.5) is 0 Å². The van der Waals surface area contributed by atoms with Gasteiger partial charge in [-0.3, -0.25) is 14.0 Å². The third-order valence-electron chi connectivity index (χ3n) is 4.98. The highest BCUT2D eigenvalue weighted by Gasteiger charge is 2.33. The number of hydrogen-bond donors (Lipinski definition) is 2. The van der Waals surface area contributed by atoms with E-state index < -0.39 is 17.3 Å². The standard InChI is InChI=1S/C19H25N3O3/c1-11-8-13(10-19(3,4)9-11)20-16(23)14-17(24)21-15-12(2)6-5-7-22(15)18(14)25/h5-7,11,13,24H,8-10H2,1-4H3,(H,20,23)/t11-,13-/m0/s1. The summed E-state index contributed by atoms with van der Waals surface area (Å²) < 4.78 is 1.30. The monoisotopic (exact) mass is 343 g/mol. The van der Waals surface area contributed by atoms with Gasteiger partial charge in [-0.2, -0.15) is 4.98 Å². The first-order chi connectivity index (χ1) is 11.7. The lowest BCUT2D eigenvalue weighted by molar-refractivity contribution is 0.0869. The first-order valence-corrected chi connectivity index (χ1v) is 8.70. The second-order valence-corrected chi connectivity index (χ2v) is 8.08. The summed E-state index contributed by atoms with van der Waals surface area (Å²) in [5.41, 5.74) is 0.412. The molecule has 0 saturated heterocycles. The van der Waals surface area contributed by atoms with Crippen molar-refractivity contribution in [1.82, 2.24) is 14.7 Å². The Morgan fingerprint density at radius 2 is 2.12 bits per heavy atom. The molecule has 134 valence electrons. The molecule has 0 aliphatic heterocycles. The number of carbonyl (C=O) groups is 1. The fourth-order valence-electron chi connectivity index (χ4n) is 4.20. The van der Waals surface area contributed by atoms with Gasteiger partial charge in [-0.25, -0.2) is 0 Å². The fourth-order valence-corrected chi connectivity index (χ4v) is 4.20. The van der Waals surface area contributed by atoms with Crippen molar-refractivity contribution in [3.63, 3.8) is 0 Å². The maximum absolute atomic E-state index is 12.7. The number of aromatic nitrogens is 2. The minimum absolute atomic E-state index is 0.0109. The zero-order valence-electron chi connectivity index (χ0n) is 15.2. The van der Waals surface area contributed by atoms with Crippen molar-refractivity contribution in [2.75, 3.05) is 0 Å². The highest BCUT2D eigenvalue weighted by atomic mass is 16.3. The molecule has 2 aromatic heterocycles. The maximum atomic E-state index is 12.7. The highest BCUT2D eigenvalue weighted by Crippen LogP contribution is 2.38. The predicted molar refractivity (Wildman–Crippen MR) is 95.9 cm³/mol. The van der Waals surface area contributed by atoms with E-state index in [-0.39, 0.29) is 17.0 Å². The Hall–Kier alpha value is -2.37. The summed E-state index contributed by atoms with van der Waals surface area (Å²) in [5, 5.41) is 13.1. The molecule has 0 spiro atoms. The van der Waals surface area contributed by atoms with Crippen molar-refractivity contribution in [1.29, 1.82) is 0 Å². The van der Waals surface area contributed by atoms with Crippen molar-refractivity contribution in [3.8, 4) is 5.88 Å². The number of nitrogens with one attached hydrogen (secondary N) is 1. The van der Waals surface area contributed by atoms with E-state index in [1.165, 1.54) is 4.40 Å². The van der Waals surface area contributed by atoms with Crippen molar-refractivity contribution in [3.05, 3.63) is 39.8 Å². The lowest BCUT2D eigenvalue weighted by Crippen LogP contribution is -2.44. The van der Waals surface area contributed by atoms with Crippen LogP contribution in [0.2, 0.25) is 0 Å². The van der Waals surface area contributed by atoms with Crippen LogP contribution in [-0.2, 0) is 0 Å². The smallest absolute Gasteiger partial charge is 0.274 e. The van der Waals surface area contributed by atoms with Crippen LogP contribution in [0, 0.1) is 18.3 Å². The van der Waals surface area contributed by atoms with Crippen molar-refractivity contribution in [2.24, 2.45) is 11.3 Å². The normalized spacial score (nSPS) is 22.7. The van der Waals surface area contributed by atoms with Crippen LogP contribution in [0.25, 0.3) is 5.65 Å². The van der Waals surface area contributed by atoms with Crippen LogP contribution in [0.15, 0.2) is 23.1 Å². The molecule has 0 bridgehead atoms. The number of amides is 1. The average molecular weight is 343 g/mol. The predicted octanol–water partition coefficient (Wildman–Crippen LogP) is 2.65. The lowest BCUT2D eigenvalue weighted by Gasteiger charge is -2.39. The van der Waals surface area contributed by atoms with Gasteiger partial charge in [0.2, 0.25) is 5.88 Å². The molecule has 1 amide bonds. The number of fused-ring (bicyclic) bond motifs is 1. The number of aryl methyl sites for hydroxylation is 1. The summed E-state index contributed by atoms with van der Waals surface area (Å²) in [6.45, 7) is 8.35. The summed E-state index contributed by atoms with van der Waals surface area (Å²) in [7, 11) is 0. The number of hydrogen-bond acceptors (Lipinski definition) is 4. The SMILES string of the molecule is Cc1cccn2c(=O)c(C(=O)N[C@H]3C[C@H](C)CC(C)(C)C3)c(O)nc12. The zero-order chi connectivity index (χ0) is 18.4. The van der Waals surface area contributed by atoms with Gasteiger partial charge in [-0.15, -0.1) is 0 Å². The Morgan fingerprint density at radius 3 is 2.80 bits per heavy atom. The van der Waals surface area contributed by atoms with E-state index in [2.05, 4.69) is 31.1 Å². The van der Waals surface area contributed by atoms with E-state index in [1.807, 2.05) is 0 Å². The largest absolute Gasteiger partial charge is 0.493 e. The van der Waals surface area contributed by atoms with Crippen molar-refractivity contribution in [2.45, 2.75) is 53.0 Å². The number of carbonyl (C=O) groups excluding carboxylic acids is 1. The number of pyridine rings is 1. The first-order valence-electron chi connectivity index (χ1n) is 8.70. The molecule has 1 aliphatic carbocycles. The minimum Gasteiger partial charge on any atom is -0.493 e. The maximum Gasteiger partial charge on any atom is 0.274 e. The van der Waals surface area contributed by atoms with E-state index in [4.69, 9.17) is 0 Å². The van der Waals surface area contributed by atoms with E-state index in [0.29, 0.717) is 11.6 Å². The molecule has 6 heteroatoms. The molecule has 6 nitrogen and oxygen atoms in total. The molecule has 1 fully saturated rings. The lowest BCUT2D eigenvalue weighted by atomic mass is 9.70. The van der Waals surface area contributed by atoms with E-state index in [9.17, 15) is 14.7 Å². The third-order valence-corrected chi connectivity index (χ3v) is 4.98. The number of aromatic hydroxyl groups is 1. The van der Waals surface area contributed by atoms with Gasteiger partial charge in [0.1, 0.15) is 5.65 Å². The van der Waals surface area contributed by atoms with Gasteiger partial charge in [-0.1, -0.05) is 26.8 Å². The fraction of sp³-hybridized carbons (Fsp3) is 0.526. The molecule has 0 unspecified atom stereocenters. The molecule has 0 aromatic carbocycles. The molecule has 2 atom stereocenters. The van der Waals surface area contributed by atoms with Gasteiger partial charge < -0.3 is 10.4 Å². The van der Waals surface area contributed by atoms with Gasteiger partial charge in [-0.05, 0) is 49.1 Å². The summed E-state index contributed by atoms with van der Waals surface area (Å²) in [5.74, 6) is -0.568. The van der Waals surface area contributed by atoms with Gasteiger partial charge in [0, 0.05) is 12.2 Å². The van der Waals surface area contributed by atoms with Gasteiger partial charge in [0.15, 0.2) is 5.56 Å². The Kier molecular flexibility index (Phi) is 4.31. The molecule has 2 aromatic rings. The Morgan fingerprint density at radius 1 is 1.40 bits per heavy atom. The van der Waals surface area contributed by atoms with Gasteiger partial charge >= 0.3 is 0 Å². The average Bonchev–Trinajstić information content (AvgIpc) is 2.46. The molecule has 25 heavy (non-hydrogen) atoms. The molecule has 2 N–H and O–H groups in total. The molecular weight excluding hydrogens is 318 g/mol.